The summed E-state index contributed by atoms with van der Waals surface area (Å²) in [6.07, 6.45) is 5.83. The van der Waals surface area contributed by atoms with E-state index in [-0.39, 0.29) is 0 Å². The number of amides is 1. The number of hydrogen-bond donors (Lipinski definition) is 4. The Kier molecular flexibility index (Phi) is 9.17. The quantitative estimate of drug-likeness (QED) is 0.253. The highest BCUT2D eigenvalue weighted by molar-refractivity contribution is 7.87. The van der Waals surface area contributed by atoms with Crippen LogP contribution in [0.4, 0.5) is 10.5 Å². The van der Waals surface area contributed by atoms with E-state index >= 15 is 0 Å². The number of benzene rings is 1. The first-order valence-electron chi connectivity index (χ1n) is 9.18. The lowest BCUT2D eigenvalue weighted by molar-refractivity contribution is 0.159. The van der Waals surface area contributed by atoms with Crippen LogP contribution in [0.5, 0.6) is 0 Å². The van der Waals surface area contributed by atoms with E-state index in [0.29, 0.717) is 17.9 Å². The summed E-state index contributed by atoms with van der Waals surface area (Å²) in [5.74, 6) is -0.984. The van der Waals surface area contributed by atoms with Gasteiger partial charge in [0, 0.05) is 11.6 Å². The Labute approximate surface area is 161 Å². The van der Waals surface area contributed by atoms with Crippen LogP contribution in [0.25, 0.3) is 0 Å². The minimum Gasteiger partial charge on any atom is -0.449 e. The summed E-state index contributed by atoms with van der Waals surface area (Å²) in [4.78, 5) is 9.61. The molecule has 1 amide bonds. The molecule has 0 spiro atoms. The molecule has 1 aromatic rings. The van der Waals surface area contributed by atoms with Gasteiger partial charge in [0.05, 0.1) is 6.61 Å². The van der Waals surface area contributed by atoms with Gasteiger partial charge in [-0.25, -0.2) is 4.79 Å². The Morgan fingerprint density at radius 3 is 2.41 bits per heavy atom. The van der Waals surface area contributed by atoms with Gasteiger partial charge in [-0.15, -0.1) is 0 Å². The molecule has 1 aromatic carbocycles. The first-order chi connectivity index (χ1) is 12.6. The molecule has 0 heterocycles. The number of unbranched alkanes of at least 4 members (excludes halogenated alkanes) is 5. The van der Waals surface area contributed by atoms with Gasteiger partial charge in [0.15, 0.2) is 0 Å². The van der Waals surface area contributed by atoms with Gasteiger partial charge in [0.25, 0.3) is 10.1 Å². The van der Waals surface area contributed by atoms with Crippen molar-refractivity contribution in [3.05, 3.63) is 29.8 Å². The third-order valence-corrected chi connectivity index (χ3v) is 5.77. The summed E-state index contributed by atoms with van der Waals surface area (Å²) in [5.41, 5.74) is 11.9. The number of hydrogen-bond acceptors (Lipinski definition) is 6. The molecule has 27 heavy (non-hydrogen) atoms. The Bertz CT molecular complexity index is 707. The fraction of sp³-hybridized carbons (Fsp3) is 0.611. The predicted molar refractivity (Wildman–Crippen MR) is 106 cm³/mol. The molecule has 9 heteroatoms. The monoisotopic (exact) mass is 401 g/mol. The van der Waals surface area contributed by atoms with Crippen LogP contribution in [0.3, 0.4) is 0 Å². The van der Waals surface area contributed by atoms with Crippen LogP contribution >= 0.6 is 0 Å². The highest BCUT2D eigenvalue weighted by Gasteiger charge is 2.42. The van der Waals surface area contributed by atoms with Gasteiger partial charge in [-0.2, -0.15) is 8.42 Å². The van der Waals surface area contributed by atoms with Gasteiger partial charge < -0.3 is 4.74 Å². The number of rotatable bonds is 11. The van der Waals surface area contributed by atoms with Crippen molar-refractivity contribution in [2.75, 3.05) is 11.9 Å². The zero-order valence-corrected chi connectivity index (χ0v) is 16.8. The second-order valence-electron chi connectivity index (χ2n) is 6.67. The van der Waals surface area contributed by atoms with Crippen LogP contribution in [0.15, 0.2) is 24.3 Å². The van der Waals surface area contributed by atoms with E-state index in [0.717, 1.165) is 19.3 Å². The molecule has 0 fully saturated rings. The van der Waals surface area contributed by atoms with Crippen LogP contribution in [0.2, 0.25) is 0 Å². The molecule has 0 saturated carbocycles. The molecular weight excluding hydrogens is 370 g/mol. The van der Waals surface area contributed by atoms with Crippen LogP contribution in [-0.4, -0.2) is 30.7 Å². The van der Waals surface area contributed by atoms with Crippen LogP contribution in [0.1, 0.15) is 63.9 Å². The van der Waals surface area contributed by atoms with Crippen molar-refractivity contribution in [1.29, 1.82) is 0 Å². The van der Waals surface area contributed by atoms with Gasteiger partial charge in [-0.1, -0.05) is 64.2 Å². The molecule has 0 aromatic heterocycles. The number of anilines is 1. The van der Waals surface area contributed by atoms with E-state index < -0.39 is 27.1 Å². The van der Waals surface area contributed by atoms with E-state index in [4.69, 9.17) is 16.2 Å². The zero-order valence-electron chi connectivity index (χ0n) is 16.0. The minimum atomic E-state index is -4.71. The summed E-state index contributed by atoms with van der Waals surface area (Å²) in [6, 6.07) is 6.48. The average Bonchev–Trinajstić information content (AvgIpc) is 2.60. The van der Waals surface area contributed by atoms with E-state index in [1.54, 1.807) is 24.3 Å². The van der Waals surface area contributed by atoms with E-state index in [2.05, 4.69) is 12.2 Å². The Morgan fingerprint density at radius 1 is 1.19 bits per heavy atom. The maximum atomic E-state index is 12.0. The highest BCUT2D eigenvalue weighted by atomic mass is 32.2. The lowest BCUT2D eigenvalue weighted by atomic mass is 9.96. The van der Waals surface area contributed by atoms with Crippen LogP contribution in [0, 0.1) is 0 Å². The Hall–Kier alpha value is -1.68. The van der Waals surface area contributed by atoms with E-state index in [1.165, 1.54) is 26.2 Å². The molecule has 1 rings (SSSR count). The molecule has 6 N–H and O–H groups in total. The topological polar surface area (TPSA) is 145 Å². The van der Waals surface area contributed by atoms with Gasteiger partial charge in [-0.05, 0) is 18.1 Å². The van der Waals surface area contributed by atoms with Crippen molar-refractivity contribution in [1.82, 2.24) is 0 Å². The van der Waals surface area contributed by atoms with Crippen molar-refractivity contribution in [2.45, 2.75) is 63.3 Å². The molecule has 154 valence electrons. The number of nitrogens with two attached hydrogens (primary N) is 2. The number of nitrogens with one attached hydrogen (secondary N) is 1. The largest absolute Gasteiger partial charge is 0.449 e. The molecule has 0 aliphatic heterocycles. The van der Waals surface area contributed by atoms with Crippen molar-refractivity contribution >= 4 is 21.9 Å². The average molecular weight is 402 g/mol. The van der Waals surface area contributed by atoms with Crippen molar-refractivity contribution in [3.63, 3.8) is 0 Å². The summed E-state index contributed by atoms with van der Waals surface area (Å²) < 4.78 is 37.4. The fourth-order valence-corrected chi connectivity index (χ4v) is 3.22. The van der Waals surface area contributed by atoms with Crippen LogP contribution < -0.4 is 16.8 Å². The molecule has 0 aliphatic rings. The first-order valence-corrected chi connectivity index (χ1v) is 10.6. The molecule has 1 unspecified atom stereocenters. The lowest BCUT2D eigenvalue weighted by Gasteiger charge is -2.29. The number of carbonyl (C=O) groups is 1. The smallest absolute Gasteiger partial charge is 0.411 e. The van der Waals surface area contributed by atoms with E-state index in [9.17, 15) is 17.8 Å². The first kappa shape index (κ1) is 23.4. The molecular formula is C18H31N3O5S. The van der Waals surface area contributed by atoms with Gasteiger partial charge in [0.2, 0.25) is 4.99 Å². The Morgan fingerprint density at radius 2 is 1.78 bits per heavy atom. The normalized spacial score (nSPS) is 13.2. The van der Waals surface area contributed by atoms with Gasteiger partial charge >= 0.3 is 6.09 Å². The SMILES string of the molecule is CCCCCCCCOC(=O)Nc1ccccc1C(C)C(N)(N)S(=O)(=O)O. The summed E-state index contributed by atoms with van der Waals surface area (Å²) in [6.45, 7) is 3.91. The zero-order chi connectivity index (χ0) is 20.5. The van der Waals surface area contributed by atoms with Gasteiger partial charge in [0.1, 0.15) is 0 Å². The third-order valence-electron chi connectivity index (χ3n) is 4.52. The van der Waals surface area contributed by atoms with Gasteiger partial charge in [-0.3, -0.25) is 21.3 Å². The van der Waals surface area contributed by atoms with Crippen molar-refractivity contribution in [2.24, 2.45) is 11.5 Å². The number of para-hydroxylation sites is 1. The molecule has 8 nitrogen and oxygen atoms in total. The Balaban J connectivity index is 2.65. The van der Waals surface area contributed by atoms with E-state index in [1.807, 2.05) is 0 Å². The second-order valence-corrected chi connectivity index (χ2v) is 8.32. The second kappa shape index (κ2) is 10.6. The summed E-state index contributed by atoms with van der Waals surface area (Å²) in [5, 5.41) is 2.58. The lowest BCUT2D eigenvalue weighted by Crippen LogP contribution is -2.59. The molecule has 0 radical (unpaired) electrons. The highest BCUT2D eigenvalue weighted by Crippen LogP contribution is 2.31. The molecule has 0 bridgehead atoms. The minimum absolute atomic E-state index is 0.304. The molecule has 1 atom stereocenters. The number of carbonyl (C=O) groups excluding carboxylic acids is 1. The standard InChI is InChI=1S/C18H31N3O5S/c1-3-4-5-6-7-10-13-26-17(22)21-16-12-9-8-11-15(16)14(2)18(19,20)27(23,24)25/h8-9,11-12,14H,3-7,10,13,19-20H2,1-2H3,(H,21,22)(H,23,24,25). The van der Waals surface area contributed by atoms with Crippen LogP contribution in [-0.2, 0) is 14.9 Å². The molecule has 0 aliphatic carbocycles. The maximum absolute atomic E-state index is 12.0. The summed E-state index contributed by atoms with van der Waals surface area (Å²) in [7, 11) is -4.71. The predicted octanol–water partition coefficient (Wildman–Crippen LogP) is 3.16. The molecule has 0 saturated heterocycles. The number of ether oxygens (including phenoxy) is 1. The third kappa shape index (κ3) is 7.10. The fourth-order valence-electron chi connectivity index (χ4n) is 2.65. The maximum Gasteiger partial charge on any atom is 0.411 e. The van der Waals surface area contributed by atoms with Crippen molar-refractivity contribution in [3.8, 4) is 0 Å². The van der Waals surface area contributed by atoms with Crippen molar-refractivity contribution < 1.29 is 22.5 Å². The summed E-state index contributed by atoms with van der Waals surface area (Å²) >= 11 is 0.